The molecule has 13 heavy (non-hydrogen) atoms. The van der Waals surface area contributed by atoms with E-state index in [2.05, 4.69) is 22.3 Å². The Morgan fingerprint density at radius 2 is 2.62 bits per heavy atom. The average Bonchev–Trinajstić information content (AvgIpc) is 2.51. The lowest BCUT2D eigenvalue weighted by atomic mass is 10.6. The van der Waals surface area contributed by atoms with Gasteiger partial charge in [-0.05, 0) is 6.92 Å². The summed E-state index contributed by atoms with van der Waals surface area (Å²) in [6, 6.07) is 0. The monoisotopic (exact) mass is 214 g/mol. The Morgan fingerprint density at radius 1 is 1.77 bits per heavy atom. The van der Waals surface area contributed by atoms with Crippen LogP contribution in [-0.2, 0) is 0 Å². The highest BCUT2D eigenvalue weighted by molar-refractivity contribution is 7.99. The van der Waals surface area contributed by atoms with Crippen molar-refractivity contribution in [2.75, 3.05) is 23.4 Å². The van der Waals surface area contributed by atoms with Crippen molar-refractivity contribution >= 4 is 28.2 Å². The lowest BCUT2D eigenvalue weighted by molar-refractivity contribution is 1.18. The molecule has 4 heteroatoms. The summed E-state index contributed by atoms with van der Waals surface area (Å²) >= 11 is 3.54. The van der Waals surface area contributed by atoms with Gasteiger partial charge in [-0.15, -0.1) is 17.9 Å². The van der Waals surface area contributed by atoms with Crippen LogP contribution in [0.15, 0.2) is 18.0 Å². The van der Waals surface area contributed by atoms with Gasteiger partial charge in [0.15, 0.2) is 5.13 Å². The smallest absolute Gasteiger partial charge is 0.182 e. The molecule has 1 N–H and O–H groups in total. The quantitative estimate of drug-likeness (QED) is 0.582. The number of anilines is 1. The fourth-order valence-corrected chi connectivity index (χ4v) is 2.13. The van der Waals surface area contributed by atoms with Crippen LogP contribution in [0.25, 0.3) is 0 Å². The SMILES string of the molecule is C=CCSCCNc1nc(C)cs1. The van der Waals surface area contributed by atoms with E-state index in [1.54, 1.807) is 11.3 Å². The summed E-state index contributed by atoms with van der Waals surface area (Å²) in [6.07, 6.45) is 1.93. The van der Waals surface area contributed by atoms with Crippen molar-refractivity contribution in [1.82, 2.24) is 4.98 Å². The summed E-state index contributed by atoms with van der Waals surface area (Å²) < 4.78 is 0. The van der Waals surface area contributed by atoms with Crippen molar-refractivity contribution in [2.24, 2.45) is 0 Å². The van der Waals surface area contributed by atoms with Gasteiger partial charge in [0.2, 0.25) is 0 Å². The van der Waals surface area contributed by atoms with Gasteiger partial charge in [-0.1, -0.05) is 6.08 Å². The van der Waals surface area contributed by atoms with Crippen molar-refractivity contribution < 1.29 is 0 Å². The third kappa shape index (κ3) is 4.33. The number of rotatable bonds is 6. The Morgan fingerprint density at radius 3 is 3.23 bits per heavy atom. The molecule has 0 saturated heterocycles. The Bertz CT molecular complexity index is 258. The van der Waals surface area contributed by atoms with Crippen molar-refractivity contribution in [3.63, 3.8) is 0 Å². The maximum atomic E-state index is 4.31. The molecular weight excluding hydrogens is 200 g/mol. The number of aryl methyl sites for hydroxylation is 1. The van der Waals surface area contributed by atoms with E-state index in [1.807, 2.05) is 24.8 Å². The molecule has 0 aliphatic rings. The number of thiazole rings is 1. The van der Waals surface area contributed by atoms with E-state index < -0.39 is 0 Å². The molecule has 1 aromatic heterocycles. The van der Waals surface area contributed by atoms with Crippen LogP contribution in [0.2, 0.25) is 0 Å². The van der Waals surface area contributed by atoms with Crippen molar-refractivity contribution in [3.8, 4) is 0 Å². The van der Waals surface area contributed by atoms with Gasteiger partial charge in [0, 0.05) is 23.4 Å². The second kappa shape index (κ2) is 6.05. The molecule has 0 aromatic carbocycles. The van der Waals surface area contributed by atoms with E-state index in [0.29, 0.717) is 0 Å². The molecule has 0 saturated carbocycles. The molecule has 0 bridgehead atoms. The van der Waals surface area contributed by atoms with Gasteiger partial charge in [0.25, 0.3) is 0 Å². The number of aromatic nitrogens is 1. The molecule has 1 aromatic rings. The fourth-order valence-electron chi connectivity index (χ4n) is 0.832. The highest BCUT2D eigenvalue weighted by Gasteiger charge is 1.95. The first kappa shape index (κ1) is 10.6. The minimum atomic E-state index is 0.978. The predicted molar refractivity (Wildman–Crippen MR) is 62.9 cm³/mol. The highest BCUT2D eigenvalue weighted by Crippen LogP contribution is 2.14. The highest BCUT2D eigenvalue weighted by atomic mass is 32.2. The standard InChI is InChI=1S/C9H14N2S2/c1-3-5-12-6-4-10-9-11-8(2)7-13-9/h3,7H,1,4-6H2,2H3,(H,10,11). The van der Waals surface area contributed by atoms with Crippen LogP contribution >= 0.6 is 23.1 Å². The Hall–Kier alpha value is -0.480. The Kier molecular flexibility index (Phi) is 4.93. The molecule has 0 amide bonds. The Labute approximate surface area is 87.5 Å². The van der Waals surface area contributed by atoms with E-state index in [1.165, 1.54) is 0 Å². The lowest BCUT2D eigenvalue weighted by Gasteiger charge is -2.00. The molecule has 0 fully saturated rings. The molecule has 1 heterocycles. The topological polar surface area (TPSA) is 24.9 Å². The van der Waals surface area contributed by atoms with Crippen LogP contribution in [0.3, 0.4) is 0 Å². The van der Waals surface area contributed by atoms with Crippen LogP contribution in [-0.4, -0.2) is 23.0 Å². The number of hydrogen-bond acceptors (Lipinski definition) is 4. The van der Waals surface area contributed by atoms with Gasteiger partial charge in [0.05, 0.1) is 5.69 Å². The second-order valence-corrected chi connectivity index (χ2v) is 4.59. The zero-order valence-electron chi connectivity index (χ0n) is 7.75. The summed E-state index contributed by atoms with van der Waals surface area (Å²) in [5.74, 6) is 2.13. The van der Waals surface area contributed by atoms with Gasteiger partial charge in [-0.2, -0.15) is 11.8 Å². The van der Waals surface area contributed by atoms with Gasteiger partial charge in [-0.3, -0.25) is 0 Å². The van der Waals surface area contributed by atoms with Crippen LogP contribution < -0.4 is 5.32 Å². The van der Waals surface area contributed by atoms with Crippen molar-refractivity contribution in [2.45, 2.75) is 6.92 Å². The molecule has 0 aliphatic heterocycles. The molecule has 0 atom stereocenters. The normalized spacial score (nSPS) is 9.92. The van der Waals surface area contributed by atoms with Crippen LogP contribution in [0.4, 0.5) is 5.13 Å². The summed E-state index contributed by atoms with van der Waals surface area (Å²) in [5, 5.41) is 6.36. The summed E-state index contributed by atoms with van der Waals surface area (Å²) in [7, 11) is 0. The largest absolute Gasteiger partial charge is 0.361 e. The number of nitrogens with zero attached hydrogens (tertiary/aromatic N) is 1. The fraction of sp³-hybridized carbons (Fsp3) is 0.444. The molecule has 72 valence electrons. The minimum Gasteiger partial charge on any atom is -0.361 e. The molecular formula is C9H14N2S2. The number of thioether (sulfide) groups is 1. The lowest BCUT2D eigenvalue weighted by Crippen LogP contribution is -2.03. The van der Waals surface area contributed by atoms with E-state index in [4.69, 9.17) is 0 Å². The zero-order valence-corrected chi connectivity index (χ0v) is 9.38. The third-order valence-corrected chi connectivity index (χ3v) is 3.26. The number of nitrogens with one attached hydrogen (secondary N) is 1. The summed E-state index contributed by atoms with van der Waals surface area (Å²) in [6.45, 7) is 6.65. The summed E-state index contributed by atoms with van der Waals surface area (Å²) in [4.78, 5) is 4.31. The number of hydrogen-bond donors (Lipinski definition) is 1. The predicted octanol–water partition coefficient (Wildman–Crippen LogP) is 2.78. The molecule has 2 nitrogen and oxygen atoms in total. The first-order valence-corrected chi connectivity index (χ1v) is 6.21. The maximum Gasteiger partial charge on any atom is 0.182 e. The second-order valence-electron chi connectivity index (χ2n) is 2.58. The van der Waals surface area contributed by atoms with E-state index >= 15 is 0 Å². The zero-order chi connectivity index (χ0) is 9.52. The minimum absolute atomic E-state index is 0.978. The van der Waals surface area contributed by atoms with Crippen LogP contribution in [0.1, 0.15) is 5.69 Å². The average molecular weight is 214 g/mol. The first-order chi connectivity index (χ1) is 6.33. The maximum absolute atomic E-state index is 4.31. The van der Waals surface area contributed by atoms with Gasteiger partial charge >= 0.3 is 0 Å². The van der Waals surface area contributed by atoms with E-state index in [0.717, 1.165) is 28.9 Å². The molecule has 0 unspecified atom stereocenters. The van der Waals surface area contributed by atoms with E-state index in [-0.39, 0.29) is 0 Å². The molecule has 0 spiro atoms. The third-order valence-electron chi connectivity index (χ3n) is 1.38. The van der Waals surface area contributed by atoms with Crippen molar-refractivity contribution in [3.05, 3.63) is 23.7 Å². The van der Waals surface area contributed by atoms with Crippen LogP contribution in [0.5, 0.6) is 0 Å². The Balaban J connectivity index is 2.09. The first-order valence-electron chi connectivity index (χ1n) is 4.17. The van der Waals surface area contributed by atoms with Gasteiger partial charge in [-0.25, -0.2) is 4.98 Å². The molecule has 0 aliphatic carbocycles. The van der Waals surface area contributed by atoms with E-state index in [9.17, 15) is 0 Å². The van der Waals surface area contributed by atoms with Crippen LogP contribution in [0, 0.1) is 6.92 Å². The summed E-state index contributed by atoms with van der Waals surface area (Å²) in [5.41, 5.74) is 1.09. The van der Waals surface area contributed by atoms with Gasteiger partial charge < -0.3 is 5.32 Å². The molecule has 0 radical (unpaired) electrons. The van der Waals surface area contributed by atoms with Crippen molar-refractivity contribution in [1.29, 1.82) is 0 Å². The molecule has 1 rings (SSSR count). The van der Waals surface area contributed by atoms with Gasteiger partial charge in [0.1, 0.15) is 0 Å².